The van der Waals surface area contributed by atoms with Crippen LogP contribution >= 0.6 is 0 Å². The quantitative estimate of drug-likeness (QED) is 0.0790. The van der Waals surface area contributed by atoms with Crippen LogP contribution in [0.4, 0.5) is 0 Å². The first-order valence-electron chi connectivity index (χ1n) is 14.8. The molecule has 0 saturated carbocycles. The first-order chi connectivity index (χ1) is 21.9. The Kier molecular flexibility index (Phi) is 10.2. The molecule has 0 spiro atoms. The number of aliphatic hydroxyl groups is 1. The van der Waals surface area contributed by atoms with Gasteiger partial charge in [-0.15, -0.1) is 0 Å². The second-order valence-corrected chi connectivity index (χ2v) is 10.8. The molecule has 4 aromatic rings. The second-order valence-electron chi connectivity index (χ2n) is 10.8. The molecule has 8 heteroatoms. The molecule has 1 fully saturated rings. The van der Waals surface area contributed by atoms with E-state index in [-0.39, 0.29) is 17.9 Å². The van der Waals surface area contributed by atoms with Crippen molar-refractivity contribution in [3.63, 3.8) is 0 Å². The van der Waals surface area contributed by atoms with Crippen LogP contribution in [-0.2, 0) is 27.5 Å². The van der Waals surface area contributed by atoms with Gasteiger partial charge in [0.15, 0.2) is 11.5 Å². The maximum Gasteiger partial charge on any atom is 0.295 e. The van der Waals surface area contributed by atoms with Crippen molar-refractivity contribution < 1.29 is 33.6 Å². The van der Waals surface area contributed by atoms with E-state index in [0.29, 0.717) is 54.6 Å². The Hall–Kier alpha value is -5.08. The number of nitrogens with zero attached hydrogens (tertiary/aromatic N) is 1. The van der Waals surface area contributed by atoms with Crippen LogP contribution in [-0.4, -0.2) is 49.1 Å². The lowest BCUT2D eigenvalue weighted by Gasteiger charge is -2.26. The number of likely N-dealkylation sites (tertiary alicyclic amines) is 1. The van der Waals surface area contributed by atoms with Crippen molar-refractivity contribution in [2.45, 2.75) is 32.6 Å². The lowest BCUT2D eigenvalue weighted by atomic mass is 9.95. The molecule has 1 aliphatic heterocycles. The molecule has 1 atom stereocenters. The maximum atomic E-state index is 13.5. The lowest BCUT2D eigenvalue weighted by Crippen LogP contribution is -2.31. The van der Waals surface area contributed by atoms with Gasteiger partial charge in [-0.2, -0.15) is 0 Å². The highest BCUT2D eigenvalue weighted by atomic mass is 16.5. The molecule has 5 rings (SSSR count). The zero-order valence-corrected chi connectivity index (χ0v) is 25.7. The normalized spacial score (nSPS) is 15.7. The van der Waals surface area contributed by atoms with Gasteiger partial charge in [0.1, 0.15) is 24.7 Å². The molecule has 1 saturated heterocycles. The number of aryl methyl sites for hydroxylation is 1. The monoisotopic (exact) mass is 607 g/mol. The summed E-state index contributed by atoms with van der Waals surface area (Å²) in [4.78, 5) is 28.3. The molecule has 8 nitrogen and oxygen atoms in total. The summed E-state index contributed by atoms with van der Waals surface area (Å²) in [5.41, 5.74) is 4.22. The molecule has 1 heterocycles. The lowest BCUT2D eigenvalue weighted by molar-refractivity contribution is -0.140. The smallest absolute Gasteiger partial charge is 0.295 e. The van der Waals surface area contributed by atoms with Gasteiger partial charge in [-0.3, -0.25) is 9.59 Å². The molecular weight excluding hydrogens is 570 g/mol. The van der Waals surface area contributed by atoms with Crippen molar-refractivity contribution in [3.05, 3.63) is 130 Å². The van der Waals surface area contributed by atoms with Gasteiger partial charge in [0.2, 0.25) is 0 Å². The third kappa shape index (κ3) is 7.19. The Morgan fingerprint density at radius 1 is 0.822 bits per heavy atom. The fourth-order valence-corrected chi connectivity index (χ4v) is 5.34. The van der Waals surface area contributed by atoms with Crippen molar-refractivity contribution in [1.29, 1.82) is 0 Å². The molecule has 1 N–H and O–H groups in total. The molecule has 0 aromatic heterocycles. The van der Waals surface area contributed by atoms with Crippen LogP contribution in [0, 0.1) is 6.92 Å². The van der Waals surface area contributed by atoms with Gasteiger partial charge in [0.25, 0.3) is 11.7 Å². The van der Waals surface area contributed by atoms with Gasteiger partial charge in [-0.25, -0.2) is 0 Å². The highest BCUT2D eigenvalue weighted by molar-refractivity contribution is 6.46. The second kappa shape index (κ2) is 14.6. The van der Waals surface area contributed by atoms with Crippen molar-refractivity contribution in [2.24, 2.45) is 0 Å². The van der Waals surface area contributed by atoms with Gasteiger partial charge >= 0.3 is 0 Å². The van der Waals surface area contributed by atoms with E-state index in [4.69, 9.17) is 18.9 Å². The Labute approximate surface area is 263 Å². The van der Waals surface area contributed by atoms with E-state index in [9.17, 15) is 14.7 Å². The van der Waals surface area contributed by atoms with Crippen LogP contribution in [0.1, 0.15) is 40.3 Å². The number of Topliss-reactive ketones (excluding diaryl/α,β-unsaturated/α-hetero) is 1. The minimum absolute atomic E-state index is 0.00556. The zero-order valence-electron chi connectivity index (χ0n) is 25.7. The van der Waals surface area contributed by atoms with Crippen molar-refractivity contribution >= 4 is 17.4 Å². The minimum atomic E-state index is -0.837. The Morgan fingerprint density at radius 3 is 2.27 bits per heavy atom. The average Bonchev–Trinajstić information content (AvgIpc) is 3.32. The largest absolute Gasteiger partial charge is 0.507 e. The standard InChI is InChI=1S/C37H37NO7/c1-25-10-7-8-13-29(25)24-44-30-17-14-27(15-18-30)35(39)33-34(38(20-9-21-42-2)37(41)36(33)40)28-16-19-31(32(22-28)43-3)45-23-26-11-5-4-6-12-26/h4-8,10-19,22,34,39H,9,20-21,23-24H2,1-3H3/b35-33+. The third-order valence-electron chi connectivity index (χ3n) is 7.81. The first kappa shape index (κ1) is 31.3. The molecule has 0 bridgehead atoms. The first-order valence-corrected chi connectivity index (χ1v) is 14.8. The molecule has 45 heavy (non-hydrogen) atoms. The highest BCUT2D eigenvalue weighted by Gasteiger charge is 2.46. The minimum Gasteiger partial charge on any atom is -0.507 e. The molecule has 4 aromatic carbocycles. The van der Waals surface area contributed by atoms with E-state index in [0.717, 1.165) is 16.7 Å². The van der Waals surface area contributed by atoms with Crippen LogP contribution in [0.15, 0.2) is 103 Å². The number of methoxy groups -OCH3 is 2. The molecule has 1 amide bonds. The summed E-state index contributed by atoms with van der Waals surface area (Å²) in [5.74, 6) is -0.121. The van der Waals surface area contributed by atoms with Crippen LogP contribution in [0.5, 0.6) is 17.2 Å². The van der Waals surface area contributed by atoms with Crippen molar-refractivity contribution in [3.8, 4) is 17.2 Å². The van der Waals surface area contributed by atoms with E-state index in [1.807, 2.05) is 61.5 Å². The summed E-state index contributed by atoms with van der Waals surface area (Å²) in [6, 6.07) is 29.0. The Morgan fingerprint density at radius 2 is 1.56 bits per heavy atom. The molecule has 232 valence electrons. The van der Waals surface area contributed by atoms with Gasteiger partial charge in [0, 0.05) is 25.8 Å². The number of hydrogen-bond donors (Lipinski definition) is 1. The molecule has 1 aliphatic rings. The molecular formula is C37H37NO7. The molecule has 1 unspecified atom stereocenters. The molecule has 0 radical (unpaired) electrons. The van der Waals surface area contributed by atoms with E-state index in [2.05, 4.69) is 0 Å². The maximum absolute atomic E-state index is 13.5. The number of amides is 1. The summed E-state index contributed by atoms with van der Waals surface area (Å²) in [6.07, 6.45) is 0.516. The van der Waals surface area contributed by atoms with Crippen molar-refractivity contribution in [2.75, 3.05) is 27.4 Å². The Bertz CT molecular complexity index is 1660. The number of hydrogen-bond acceptors (Lipinski definition) is 7. The van der Waals surface area contributed by atoms with E-state index >= 15 is 0 Å². The number of rotatable bonds is 13. The number of carbonyl (C=O) groups is 2. The van der Waals surface area contributed by atoms with E-state index in [1.165, 1.54) is 12.0 Å². The summed E-state index contributed by atoms with van der Waals surface area (Å²) < 4.78 is 22.8. The predicted octanol–water partition coefficient (Wildman–Crippen LogP) is 6.62. The summed E-state index contributed by atoms with van der Waals surface area (Å²) in [7, 11) is 3.12. The van der Waals surface area contributed by atoms with E-state index < -0.39 is 17.7 Å². The van der Waals surface area contributed by atoms with Crippen LogP contribution in [0.25, 0.3) is 5.76 Å². The SMILES string of the molecule is COCCCN1C(=O)C(=O)/C(=C(/O)c2ccc(OCc3ccccc3C)cc2)C1c1ccc(OCc2ccccc2)c(OC)c1. The van der Waals surface area contributed by atoms with Gasteiger partial charge in [-0.05, 0) is 72.0 Å². The van der Waals surface area contributed by atoms with Crippen LogP contribution < -0.4 is 14.2 Å². The van der Waals surface area contributed by atoms with E-state index in [1.54, 1.807) is 49.6 Å². The number of aliphatic hydroxyl groups excluding tert-OH is 1. The Balaban J connectivity index is 1.45. The van der Waals surface area contributed by atoms with Crippen LogP contribution in [0.3, 0.4) is 0 Å². The van der Waals surface area contributed by atoms with Crippen molar-refractivity contribution in [1.82, 2.24) is 4.90 Å². The fourth-order valence-electron chi connectivity index (χ4n) is 5.34. The zero-order chi connectivity index (χ0) is 31.8. The number of ether oxygens (including phenoxy) is 4. The van der Waals surface area contributed by atoms with Crippen LogP contribution in [0.2, 0.25) is 0 Å². The number of carbonyl (C=O) groups excluding carboxylic acids is 2. The summed E-state index contributed by atoms with van der Waals surface area (Å²) in [5, 5.41) is 11.5. The third-order valence-corrected chi connectivity index (χ3v) is 7.81. The number of benzene rings is 4. The number of ketones is 1. The van der Waals surface area contributed by atoms with Gasteiger partial charge < -0.3 is 29.0 Å². The van der Waals surface area contributed by atoms with Gasteiger partial charge in [-0.1, -0.05) is 60.7 Å². The summed E-state index contributed by atoms with van der Waals surface area (Å²) in [6.45, 7) is 3.45. The average molecular weight is 608 g/mol. The molecule has 0 aliphatic carbocycles. The summed E-state index contributed by atoms with van der Waals surface area (Å²) >= 11 is 0. The highest BCUT2D eigenvalue weighted by Crippen LogP contribution is 2.42. The topological polar surface area (TPSA) is 94.5 Å². The van der Waals surface area contributed by atoms with Gasteiger partial charge in [0.05, 0.1) is 18.7 Å². The fraction of sp³-hybridized carbons (Fsp3) is 0.243. The predicted molar refractivity (Wildman–Crippen MR) is 171 cm³/mol.